The number of unbranched alkanes of at least 4 members (excludes halogenated alkanes) is 1. The Kier molecular flexibility index (Phi) is 9.50. The van der Waals surface area contributed by atoms with Gasteiger partial charge in [-0.2, -0.15) is 0 Å². The molecular weight excluding hydrogens is 238 g/mol. The highest BCUT2D eigenvalue weighted by molar-refractivity contribution is 5.85. The SMILES string of the molecule is CCCCN1CCC(NC(=O)CNC)CC1.Cl. The largest absolute Gasteiger partial charge is 0.352 e. The van der Waals surface area contributed by atoms with Gasteiger partial charge in [-0.15, -0.1) is 12.4 Å². The molecule has 1 rings (SSSR count). The molecule has 0 aromatic carbocycles. The van der Waals surface area contributed by atoms with Gasteiger partial charge in [-0.1, -0.05) is 13.3 Å². The predicted octanol–water partition coefficient (Wildman–Crippen LogP) is 1.01. The highest BCUT2D eigenvalue weighted by Crippen LogP contribution is 2.10. The quantitative estimate of drug-likeness (QED) is 0.752. The average molecular weight is 264 g/mol. The summed E-state index contributed by atoms with van der Waals surface area (Å²) < 4.78 is 0. The van der Waals surface area contributed by atoms with Crippen LogP contribution >= 0.6 is 12.4 Å². The van der Waals surface area contributed by atoms with Crippen molar-refractivity contribution in [3.8, 4) is 0 Å². The van der Waals surface area contributed by atoms with E-state index in [1.54, 1.807) is 7.05 Å². The number of nitrogens with zero attached hydrogens (tertiary/aromatic N) is 1. The van der Waals surface area contributed by atoms with E-state index < -0.39 is 0 Å². The minimum Gasteiger partial charge on any atom is -0.352 e. The van der Waals surface area contributed by atoms with Crippen molar-refractivity contribution < 1.29 is 4.79 Å². The van der Waals surface area contributed by atoms with Crippen LogP contribution in [-0.2, 0) is 4.79 Å². The van der Waals surface area contributed by atoms with E-state index in [-0.39, 0.29) is 18.3 Å². The zero-order valence-corrected chi connectivity index (χ0v) is 11.8. The van der Waals surface area contributed by atoms with Gasteiger partial charge in [0.25, 0.3) is 0 Å². The lowest BCUT2D eigenvalue weighted by molar-refractivity contribution is -0.121. The highest BCUT2D eigenvalue weighted by Gasteiger charge is 2.19. The lowest BCUT2D eigenvalue weighted by Crippen LogP contribution is -2.46. The van der Waals surface area contributed by atoms with Gasteiger partial charge in [0.15, 0.2) is 0 Å². The molecule has 5 heteroatoms. The van der Waals surface area contributed by atoms with Gasteiger partial charge in [0.1, 0.15) is 0 Å². The van der Waals surface area contributed by atoms with E-state index in [4.69, 9.17) is 0 Å². The minimum atomic E-state index is 0. The first-order valence-corrected chi connectivity index (χ1v) is 6.42. The molecule has 17 heavy (non-hydrogen) atoms. The second-order valence-electron chi connectivity index (χ2n) is 4.57. The summed E-state index contributed by atoms with van der Waals surface area (Å²) in [6.45, 7) is 6.13. The fourth-order valence-electron chi connectivity index (χ4n) is 2.12. The van der Waals surface area contributed by atoms with Crippen LogP contribution in [0.4, 0.5) is 0 Å². The fourth-order valence-corrected chi connectivity index (χ4v) is 2.12. The van der Waals surface area contributed by atoms with Crippen LogP contribution in [0, 0.1) is 0 Å². The van der Waals surface area contributed by atoms with Crippen molar-refractivity contribution in [1.82, 2.24) is 15.5 Å². The monoisotopic (exact) mass is 263 g/mol. The highest BCUT2D eigenvalue weighted by atomic mass is 35.5. The molecule has 1 saturated heterocycles. The van der Waals surface area contributed by atoms with E-state index in [1.807, 2.05) is 0 Å². The Balaban J connectivity index is 0.00000256. The van der Waals surface area contributed by atoms with Crippen molar-refractivity contribution in [3.05, 3.63) is 0 Å². The number of likely N-dealkylation sites (tertiary alicyclic amines) is 1. The molecule has 0 radical (unpaired) electrons. The summed E-state index contributed by atoms with van der Waals surface area (Å²) in [7, 11) is 1.80. The molecule has 1 amide bonds. The molecule has 2 N–H and O–H groups in total. The van der Waals surface area contributed by atoms with Gasteiger partial charge in [0.2, 0.25) is 5.91 Å². The van der Waals surface area contributed by atoms with E-state index in [0.717, 1.165) is 25.9 Å². The summed E-state index contributed by atoms with van der Waals surface area (Å²) in [5.41, 5.74) is 0. The zero-order chi connectivity index (χ0) is 11.8. The Morgan fingerprint density at radius 3 is 2.53 bits per heavy atom. The average Bonchev–Trinajstić information content (AvgIpc) is 2.28. The topological polar surface area (TPSA) is 44.4 Å². The molecule has 1 aliphatic rings. The number of likely N-dealkylation sites (N-methyl/N-ethyl adjacent to an activating group) is 1. The Morgan fingerprint density at radius 2 is 2.00 bits per heavy atom. The summed E-state index contributed by atoms with van der Waals surface area (Å²) in [5, 5.41) is 5.94. The normalized spacial score (nSPS) is 17.5. The predicted molar refractivity (Wildman–Crippen MR) is 73.7 cm³/mol. The molecule has 0 aliphatic carbocycles. The van der Waals surface area contributed by atoms with E-state index >= 15 is 0 Å². The summed E-state index contributed by atoms with van der Waals surface area (Å²) in [6.07, 6.45) is 4.74. The third-order valence-electron chi connectivity index (χ3n) is 3.12. The first-order chi connectivity index (χ1) is 7.76. The molecule has 1 fully saturated rings. The second-order valence-corrected chi connectivity index (χ2v) is 4.57. The summed E-state index contributed by atoms with van der Waals surface area (Å²) in [5.74, 6) is 0.120. The Hall–Kier alpha value is -0.320. The minimum absolute atomic E-state index is 0. The van der Waals surface area contributed by atoms with Crippen LogP contribution in [0.1, 0.15) is 32.6 Å². The number of amides is 1. The summed E-state index contributed by atoms with van der Waals surface area (Å²) in [6, 6.07) is 0.388. The van der Waals surface area contributed by atoms with Crippen LogP contribution in [0.2, 0.25) is 0 Å². The van der Waals surface area contributed by atoms with E-state index in [0.29, 0.717) is 12.6 Å². The molecule has 0 unspecified atom stereocenters. The maximum atomic E-state index is 11.4. The summed E-state index contributed by atoms with van der Waals surface area (Å²) >= 11 is 0. The number of hydrogen-bond acceptors (Lipinski definition) is 3. The molecule has 0 atom stereocenters. The lowest BCUT2D eigenvalue weighted by atomic mass is 10.0. The summed E-state index contributed by atoms with van der Waals surface area (Å²) in [4.78, 5) is 13.9. The molecule has 1 heterocycles. The van der Waals surface area contributed by atoms with E-state index in [2.05, 4.69) is 22.5 Å². The van der Waals surface area contributed by atoms with Gasteiger partial charge in [0.05, 0.1) is 6.54 Å². The van der Waals surface area contributed by atoms with Gasteiger partial charge in [-0.3, -0.25) is 4.79 Å². The molecule has 0 aromatic heterocycles. The Labute approximate surface area is 111 Å². The molecule has 1 aliphatic heterocycles. The molecule has 0 spiro atoms. The van der Waals surface area contributed by atoms with Gasteiger partial charge in [-0.25, -0.2) is 0 Å². The number of carbonyl (C=O) groups excluding carboxylic acids is 1. The fraction of sp³-hybridized carbons (Fsp3) is 0.917. The first-order valence-electron chi connectivity index (χ1n) is 6.42. The number of hydrogen-bond donors (Lipinski definition) is 2. The molecule has 102 valence electrons. The Morgan fingerprint density at radius 1 is 1.35 bits per heavy atom. The third-order valence-corrected chi connectivity index (χ3v) is 3.12. The van der Waals surface area contributed by atoms with Crippen LogP contribution in [0.15, 0.2) is 0 Å². The van der Waals surface area contributed by atoms with Crippen LogP contribution in [-0.4, -0.2) is 50.1 Å². The van der Waals surface area contributed by atoms with Crippen LogP contribution in [0.3, 0.4) is 0 Å². The molecule has 0 aromatic rings. The van der Waals surface area contributed by atoms with Crippen LogP contribution in [0.25, 0.3) is 0 Å². The number of nitrogens with one attached hydrogen (secondary N) is 2. The Bertz CT molecular complexity index is 206. The van der Waals surface area contributed by atoms with Crippen molar-refractivity contribution >= 4 is 18.3 Å². The standard InChI is InChI=1S/C12H25N3O.ClH/c1-3-4-7-15-8-5-11(6-9-15)14-12(16)10-13-2;/h11,13H,3-10H2,1-2H3,(H,14,16);1H. The van der Waals surface area contributed by atoms with Gasteiger partial charge >= 0.3 is 0 Å². The maximum absolute atomic E-state index is 11.4. The molecule has 4 nitrogen and oxygen atoms in total. The van der Waals surface area contributed by atoms with Crippen molar-refractivity contribution in [2.24, 2.45) is 0 Å². The third kappa shape index (κ3) is 6.86. The van der Waals surface area contributed by atoms with Crippen molar-refractivity contribution in [2.45, 2.75) is 38.6 Å². The van der Waals surface area contributed by atoms with Crippen LogP contribution in [0.5, 0.6) is 0 Å². The van der Waals surface area contributed by atoms with Crippen LogP contribution < -0.4 is 10.6 Å². The van der Waals surface area contributed by atoms with Crippen molar-refractivity contribution in [3.63, 3.8) is 0 Å². The molecule has 0 saturated carbocycles. The zero-order valence-electron chi connectivity index (χ0n) is 11.0. The number of halogens is 1. The smallest absolute Gasteiger partial charge is 0.234 e. The van der Waals surface area contributed by atoms with Gasteiger partial charge < -0.3 is 15.5 Å². The number of piperidine rings is 1. The number of carbonyl (C=O) groups is 1. The first kappa shape index (κ1) is 16.7. The van der Waals surface area contributed by atoms with Crippen molar-refractivity contribution in [2.75, 3.05) is 33.2 Å². The maximum Gasteiger partial charge on any atom is 0.234 e. The lowest BCUT2D eigenvalue weighted by Gasteiger charge is -2.32. The molecular formula is C12H26ClN3O. The van der Waals surface area contributed by atoms with E-state index in [9.17, 15) is 4.79 Å². The van der Waals surface area contributed by atoms with Crippen molar-refractivity contribution in [1.29, 1.82) is 0 Å². The second kappa shape index (κ2) is 9.68. The van der Waals surface area contributed by atoms with Gasteiger partial charge in [-0.05, 0) is 32.9 Å². The number of rotatable bonds is 6. The van der Waals surface area contributed by atoms with E-state index in [1.165, 1.54) is 19.4 Å². The molecule has 0 bridgehead atoms. The van der Waals surface area contributed by atoms with Gasteiger partial charge in [0, 0.05) is 19.1 Å².